The summed E-state index contributed by atoms with van der Waals surface area (Å²) in [6.07, 6.45) is 4.74. The van der Waals surface area contributed by atoms with Gasteiger partial charge in [0.2, 0.25) is 0 Å². The van der Waals surface area contributed by atoms with Crippen molar-refractivity contribution in [1.82, 2.24) is 5.32 Å². The van der Waals surface area contributed by atoms with Gasteiger partial charge >= 0.3 is 0 Å². The normalized spacial score (nSPS) is 31.3. The molecule has 0 amide bonds. The molecule has 1 aliphatic rings. The maximum atomic E-state index is 8.91. The number of aliphatic hydroxyl groups excluding tert-OH is 1. The summed E-state index contributed by atoms with van der Waals surface area (Å²) >= 11 is 0. The van der Waals surface area contributed by atoms with Gasteiger partial charge in [-0.15, -0.1) is 6.58 Å². The van der Waals surface area contributed by atoms with Crippen LogP contribution >= 0.6 is 0 Å². The van der Waals surface area contributed by atoms with E-state index in [1.54, 1.807) is 0 Å². The molecule has 0 saturated heterocycles. The van der Waals surface area contributed by atoms with E-state index in [1.807, 2.05) is 6.08 Å². The predicted octanol–water partition coefficient (Wildman–Crippen LogP) is 0.675. The molecule has 2 heteroatoms. The van der Waals surface area contributed by atoms with Crippen molar-refractivity contribution in [2.75, 3.05) is 6.54 Å². The minimum atomic E-state index is -0.0405. The standard InChI is InChI=1S/C8H15NO/c1-2-3-4-9-7-5-8(10)6-7/h2,7-10H,1,3-6H2. The van der Waals surface area contributed by atoms with E-state index in [4.69, 9.17) is 5.11 Å². The number of rotatable bonds is 4. The molecule has 1 fully saturated rings. The van der Waals surface area contributed by atoms with Crippen molar-refractivity contribution < 1.29 is 5.11 Å². The van der Waals surface area contributed by atoms with Crippen molar-refractivity contribution in [2.24, 2.45) is 0 Å². The molecule has 0 heterocycles. The first-order valence-corrected chi connectivity index (χ1v) is 3.85. The quantitative estimate of drug-likeness (QED) is 0.445. The fourth-order valence-electron chi connectivity index (χ4n) is 1.14. The van der Waals surface area contributed by atoms with E-state index < -0.39 is 0 Å². The topological polar surface area (TPSA) is 32.3 Å². The Kier molecular flexibility index (Phi) is 2.90. The van der Waals surface area contributed by atoms with Crippen LogP contribution < -0.4 is 5.32 Å². The first-order valence-electron chi connectivity index (χ1n) is 3.85. The molecular weight excluding hydrogens is 126 g/mol. The monoisotopic (exact) mass is 141 g/mol. The molecule has 58 valence electrons. The number of hydrogen-bond acceptors (Lipinski definition) is 2. The highest BCUT2D eigenvalue weighted by Crippen LogP contribution is 2.18. The van der Waals surface area contributed by atoms with Crippen LogP contribution in [0.25, 0.3) is 0 Å². The Morgan fingerprint density at radius 1 is 1.60 bits per heavy atom. The van der Waals surface area contributed by atoms with Crippen molar-refractivity contribution >= 4 is 0 Å². The first-order chi connectivity index (χ1) is 4.83. The van der Waals surface area contributed by atoms with Gasteiger partial charge in [0, 0.05) is 6.04 Å². The molecular formula is C8H15NO. The third kappa shape index (κ3) is 2.12. The van der Waals surface area contributed by atoms with Crippen LogP contribution in [0.2, 0.25) is 0 Å². The minimum Gasteiger partial charge on any atom is -0.393 e. The second kappa shape index (κ2) is 3.74. The zero-order chi connectivity index (χ0) is 7.40. The van der Waals surface area contributed by atoms with Crippen LogP contribution in [0.5, 0.6) is 0 Å². The fraction of sp³-hybridized carbons (Fsp3) is 0.750. The molecule has 0 bridgehead atoms. The molecule has 0 aromatic carbocycles. The number of nitrogens with one attached hydrogen (secondary N) is 1. The van der Waals surface area contributed by atoms with E-state index in [9.17, 15) is 0 Å². The second-order valence-corrected chi connectivity index (χ2v) is 2.85. The molecule has 0 aliphatic heterocycles. The highest BCUT2D eigenvalue weighted by Gasteiger charge is 2.25. The summed E-state index contributed by atoms with van der Waals surface area (Å²) in [6.45, 7) is 4.63. The van der Waals surface area contributed by atoms with Crippen LogP contribution in [0.1, 0.15) is 19.3 Å². The molecule has 0 atom stereocenters. The molecule has 2 nitrogen and oxygen atoms in total. The summed E-state index contributed by atoms with van der Waals surface area (Å²) < 4.78 is 0. The maximum Gasteiger partial charge on any atom is 0.0570 e. The van der Waals surface area contributed by atoms with Crippen LogP contribution in [-0.4, -0.2) is 23.8 Å². The lowest BCUT2D eigenvalue weighted by Gasteiger charge is -2.32. The Balaban J connectivity index is 1.90. The lowest BCUT2D eigenvalue weighted by molar-refractivity contribution is 0.0630. The van der Waals surface area contributed by atoms with E-state index in [0.717, 1.165) is 25.8 Å². The molecule has 10 heavy (non-hydrogen) atoms. The Morgan fingerprint density at radius 2 is 2.30 bits per heavy atom. The molecule has 0 aromatic rings. The Hall–Kier alpha value is -0.340. The highest BCUT2D eigenvalue weighted by atomic mass is 16.3. The Labute approximate surface area is 61.9 Å². The van der Waals surface area contributed by atoms with Gasteiger partial charge in [-0.05, 0) is 25.8 Å². The summed E-state index contributed by atoms with van der Waals surface area (Å²) in [5, 5.41) is 12.2. The lowest BCUT2D eigenvalue weighted by Crippen LogP contribution is -2.44. The van der Waals surface area contributed by atoms with Gasteiger partial charge in [-0.25, -0.2) is 0 Å². The third-order valence-corrected chi connectivity index (χ3v) is 1.89. The van der Waals surface area contributed by atoms with Crippen LogP contribution in [0.4, 0.5) is 0 Å². The summed E-state index contributed by atoms with van der Waals surface area (Å²) in [5.74, 6) is 0. The Morgan fingerprint density at radius 3 is 2.80 bits per heavy atom. The molecule has 1 aliphatic carbocycles. The SMILES string of the molecule is C=CCCNC1CC(O)C1. The number of aliphatic hydroxyl groups is 1. The van der Waals surface area contributed by atoms with Gasteiger partial charge < -0.3 is 10.4 Å². The molecule has 0 aromatic heterocycles. The van der Waals surface area contributed by atoms with E-state index in [2.05, 4.69) is 11.9 Å². The van der Waals surface area contributed by atoms with Crippen LogP contribution in [0.3, 0.4) is 0 Å². The maximum absolute atomic E-state index is 8.91. The van der Waals surface area contributed by atoms with Gasteiger partial charge in [-0.2, -0.15) is 0 Å². The molecule has 0 spiro atoms. The van der Waals surface area contributed by atoms with Crippen molar-refractivity contribution in [3.05, 3.63) is 12.7 Å². The molecule has 0 unspecified atom stereocenters. The highest BCUT2D eigenvalue weighted by molar-refractivity contribution is 4.85. The van der Waals surface area contributed by atoms with Crippen molar-refractivity contribution in [2.45, 2.75) is 31.4 Å². The van der Waals surface area contributed by atoms with Gasteiger partial charge in [0.1, 0.15) is 0 Å². The summed E-state index contributed by atoms with van der Waals surface area (Å²) in [5.41, 5.74) is 0. The zero-order valence-corrected chi connectivity index (χ0v) is 6.21. The van der Waals surface area contributed by atoms with Crippen LogP contribution in [-0.2, 0) is 0 Å². The van der Waals surface area contributed by atoms with Crippen LogP contribution in [0, 0.1) is 0 Å². The third-order valence-electron chi connectivity index (χ3n) is 1.89. The predicted molar refractivity (Wildman–Crippen MR) is 41.8 cm³/mol. The molecule has 0 radical (unpaired) electrons. The molecule has 2 N–H and O–H groups in total. The van der Waals surface area contributed by atoms with Gasteiger partial charge in [0.15, 0.2) is 0 Å². The fourth-order valence-corrected chi connectivity index (χ4v) is 1.14. The number of hydrogen-bond donors (Lipinski definition) is 2. The second-order valence-electron chi connectivity index (χ2n) is 2.85. The average molecular weight is 141 g/mol. The molecule has 1 saturated carbocycles. The molecule has 1 rings (SSSR count). The largest absolute Gasteiger partial charge is 0.393 e. The van der Waals surface area contributed by atoms with E-state index in [-0.39, 0.29) is 6.10 Å². The Bertz CT molecular complexity index is 108. The van der Waals surface area contributed by atoms with Crippen LogP contribution in [0.15, 0.2) is 12.7 Å². The van der Waals surface area contributed by atoms with Gasteiger partial charge in [0.05, 0.1) is 6.10 Å². The summed E-state index contributed by atoms with van der Waals surface area (Å²) in [6, 6.07) is 0.565. The van der Waals surface area contributed by atoms with Crippen molar-refractivity contribution in [3.8, 4) is 0 Å². The van der Waals surface area contributed by atoms with E-state index in [1.165, 1.54) is 0 Å². The summed E-state index contributed by atoms with van der Waals surface area (Å²) in [4.78, 5) is 0. The smallest absolute Gasteiger partial charge is 0.0570 e. The lowest BCUT2D eigenvalue weighted by atomic mass is 9.89. The van der Waals surface area contributed by atoms with E-state index in [0.29, 0.717) is 6.04 Å². The van der Waals surface area contributed by atoms with Crippen molar-refractivity contribution in [3.63, 3.8) is 0 Å². The zero-order valence-electron chi connectivity index (χ0n) is 6.21. The van der Waals surface area contributed by atoms with E-state index >= 15 is 0 Å². The average Bonchev–Trinajstić information content (AvgIpc) is 1.85. The van der Waals surface area contributed by atoms with Crippen molar-refractivity contribution in [1.29, 1.82) is 0 Å². The minimum absolute atomic E-state index is 0.0405. The van der Waals surface area contributed by atoms with Gasteiger partial charge in [-0.1, -0.05) is 6.08 Å². The van der Waals surface area contributed by atoms with Gasteiger partial charge in [0.25, 0.3) is 0 Å². The first kappa shape index (κ1) is 7.76. The summed E-state index contributed by atoms with van der Waals surface area (Å²) in [7, 11) is 0. The van der Waals surface area contributed by atoms with Gasteiger partial charge in [-0.3, -0.25) is 0 Å².